The third-order valence-electron chi connectivity index (χ3n) is 5.58. The number of ether oxygens (including phenoxy) is 1. The third kappa shape index (κ3) is 3.59. The molecular formula is C23H24N6O. The van der Waals surface area contributed by atoms with Gasteiger partial charge < -0.3 is 15.4 Å². The molecule has 4 heterocycles. The molecule has 0 aliphatic carbocycles. The summed E-state index contributed by atoms with van der Waals surface area (Å²) in [6.07, 6.45) is 5.95. The summed E-state index contributed by atoms with van der Waals surface area (Å²) in [5.74, 6) is 1.87. The Morgan fingerprint density at radius 1 is 1.00 bits per heavy atom. The van der Waals surface area contributed by atoms with Crippen LogP contribution in [0.3, 0.4) is 0 Å². The Morgan fingerprint density at radius 2 is 1.87 bits per heavy atom. The summed E-state index contributed by atoms with van der Waals surface area (Å²) in [5.41, 5.74) is 4.88. The molecule has 7 heteroatoms. The second-order valence-electron chi connectivity index (χ2n) is 7.46. The zero-order chi connectivity index (χ0) is 20.3. The van der Waals surface area contributed by atoms with Crippen molar-refractivity contribution in [1.29, 1.82) is 0 Å². The predicted octanol–water partition coefficient (Wildman–Crippen LogP) is 4.01. The number of aromatic nitrogens is 4. The number of methoxy groups -OCH3 is 1. The Balaban J connectivity index is 1.41. The van der Waals surface area contributed by atoms with Gasteiger partial charge in [-0.1, -0.05) is 12.1 Å². The quantitative estimate of drug-likeness (QED) is 0.527. The first kappa shape index (κ1) is 18.6. The fourth-order valence-electron chi connectivity index (χ4n) is 3.99. The van der Waals surface area contributed by atoms with Gasteiger partial charge in [0, 0.05) is 17.2 Å². The molecule has 7 nitrogen and oxygen atoms in total. The molecule has 5 rings (SSSR count). The van der Waals surface area contributed by atoms with Gasteiger partial charge in [0.1, 0.15) is 5.75 Å². The van der Waals surface area contributed by atoms with Crippen LogP contribution in [-0.2, 0) is 0 Å². The SMILES string of the molecule is COc1ccccc1-c1ccc2cnc(Nc3ccc(C4CCNCC4)nc3)nn12. The summed E-state index contributed by atoms with van der Waals surface area (Å²) in [5, 5.41) is 11.4. The number of nitrogens with zero attached hydrogens (tertiary/aromatic N) is 4. The van der Waals surface area contributed by atoms with E-state index in [0.29, 0.717) is 11.9 Å². The smallest absolute Gasteiger partial charge is 0.245 e. The summed E-state index contributed by atoms with van der Waals surface area (Å²) in [6, 6.07) is 16.1. The minimum Gasteiger partial charge on any atom is -0.496 e. The molecular weight excluding hydrogens is 376 g/mol. The maximum absolute atomic E-state index is 5.52. The van der Waals surface area contributed by atoms with Crippen LogP contribution in [-0.4, -0.2) is 39.8 Å². The van der Waals surface area contributed by atoms with Gasteiger partial charge in [-0.3, -0.25) is 4.98 Å². The molecule has 0 radical (unpaired) electrons. The number of benzene rings is 1. The first-order chi connectivity index (χ1) is 14.8. The van der Waals surface area contributed by atoms with Crippen molar-refractivity contribution in [2.45, 2.75) is 18.8 Å². The zero-order valence-electron chi connectivity index (χ0n) is 16.9. The number of pyridine rings is 1. The van der Waals surface area contributed by atoms with Crippen LogP contribution in [0.15, 0.2) is 60.9 Å². The van der Waals surface area contributed by atoms with Crippen LogP contribution in [0.1, 0.15) is 24.5 Å². The van der Waals surface area contributed by atoms with Crippen LogP contribution in [0, 0.1) is 0 Å². The van der Waals surface area contributed by atoms with Crippen LogP contribution < -0.4 is 15.4 Å². The number of anilines is 2. The van der Waals surface area contributed by atoms with Gasteiger partial charge in [0.2, 0.25) is 5.95 Å². The second-order valence-corrected chi connectivity index (χ2v) is 7.46. The largest absolute Gasteiger partial charge is 0.496 e. The van der Waals surface area contributed by atoms with E-state index in [9.17, 15) is 0 Å². The van der Waals surface area contributed by atoms with Crippen molar-refractivity contribution in [1.82, 2.24) is 24.9 Å². The van der Waals surface area contributed by atoms with E-state index in [2.05, 4.69) is 32.7 Å². The van der Waals surface area contributed by atoms with E-state index in [1.807, 2.05) is 53.3 Å². The first-order valence-electron chi connectivity index (χ1n) is 10.2. The average molecular weight is 400 g/mol. The molecule has 1 fully saturated rings. The summed E-state index contributed by atoms with van der Waals surface area (Å²) >= 11 is 0. The molecule has 1 saturated heterocycles. The third-order valence-corrected chi connectivity index (χ3v) is 5.58. The van der Waals surface area contributed by atoms with Crippen LogP contribution >= 0.6 is 0 Å². The zero-order valence-corrected chi connectivity index (χ0v) is 16.9. The molecule has 0 atom stereocenters. The van der Waals surface area contributed by atoms with Crippen molar-refractivity contribution in [2.24, 2.45) is 0 Å². The first-order valence-corrected chi connectivity index (χ1v) is 10.2. The molecule has 0 amide bonds. The maximum atomic E-state index is 5.52. The molecule has 2 N–H and O–H groups in total. The molecule has 0 bridgehead atoms. The minimum atomic E-state index is 0.520. The average Bonchev–Trinajstić information content (AvgIpc) is 3.23. The second kappa shape index (κ2) is 8.12. The molecule has 1 aromatic carbocycles. The minimum absolute atomic E-state index is 0.520. The van der Waals surface area contributed by atoms with E-state index in [0.717, 1.165) is 59.8 Å². The van der Waals surface area contributed by atoms with Gasteiger partial charge in [0.25, 0.3) is 0 Å². The normalized spacial score (nSPS) is 14.7. The summed E-state index contributed by atoms with van der Waals surface area (Å²) < 4.78 is 7.40. The van der Waals surface area contributed by atoms with Gasteiger partial charge in [-0.05, 0) is 62.3 Å². The van der Waals surface area contributed by atoms with Crippen molar-refractivity contribution in [2.75, 3.05) is 25.5 Å². The van der Waals surface area contributed by atoms with Crippen LogP contribution in [0.4, 0.5) is 11.6 Å². The van der Waals surface area contributed by atoms with Crippen molar-refractivity contribution in [3.8, 4) is 17.0 Å². The van der Waals surface area contributed by atoms with E-state index < -0.39 is 0 Å². The summed E-state index contributed by atoms with van der Waals surface area (Å²) in [7, 11) is 1.68. The maximum Gasteiger partial charge on any atom is 0.245 e. The standard InChI is InChI=1S/C23H24N6O/c1-30-22-5-3-2-4-19(22)21-9-7-18-15-26-23(28-29(18)21)27-17-6-8-20(25-14-17)16-10-12-24-13-11-16/h2-9,14-16,24H,10-13H2,1H3,(H,27,28). The molecule has 4 aromatic rings. The molecule has 1 aliphatic rings. The van der Waals surface area contributed by atoms with Gasteiger partial charge in [-0.2, -0.15) is 0 Å². The topological polar surface area (TPSA) is 76.4 Å². The number of piperidine rings is 1. The molecule has 30 heavy (non-hydrogen) atoms. The number of para-hydroxylation sites is 1. The summed E-state index contributed by atoms with van der Waals surface area (Å²) in [4.78, 5) is 9.12. The van der Waals surface area contributed by atoms with Crippen molar-refractivity contribution >= 4 is 17.2 Å². The fraction of sp³-hybridized carbons (Fsp3) is 0.261. The number of rotatable bonds is 5. The van der Waals surface area contributed by atoms with E-state index in [4.69, 9.17) is 9.84 Å². The van der Waals surface area contributed by atoms with Crippen LogP contribution in [0.2, 0.25) is 0 Å². The monoisotopic (exact) mass is 400 g/mol. The van der Waals surface area contributed by atoms with E-state index in [1.165, 1.54) is 0 Å². The number of fused-ring (bicyclic) bond motifs is 1. The number of nitrogens with one attached hydrogen (secondary N) is 2. The Morgan fingerprint density at radius 3 is 2.67 bits per heavy atom. The highest BCUT2D eigenvalue weighted by molar-refractivity contribution is 5.72. The van der Waals surface area contributed by atoms with Crippen LogP contribution in [0.5, 0.6) is 5.75 Å². The van der Waals surface area contributed by atoms with Gasteiger partial charge in [0.05, 0.1) is 36.4 Å². The molecule has 0 spiro atoms. The van der Waals surface area contributed by atoms with E-state index in [1.54, 1.807) is 7.11 Å². The highest BCUT2D eigenvalue weighted by Gasteiger charge is 2.16. The molecule has 0 saturated carbocycles. The fourth-order valence-corrected chi connectivity index (χ4v) is 3.99. The Labute approximate surface area is 175 Å². The molecule has 3 aromatic heterocycles. The van der Waals surface area contributed by atoms with E-state index in [-0.39, 0.29) is 0 Å². The van der Waals surface area contributed by atoms with Gasteiger partial charge in [0.15, 0.2) is 0 Å². The molecule has 1 aliphatic heterocycles. The lowest BCUT2D eigenvalue weighted by atomic mass is 9.94. The Bertz CT molecular complexity index is 1150. The molecule has 152 valence electrons. The lowest BCUT2D eigenvalue weighted by molar-refractivity contribution is 0.416. The lowest BCUT2D eigenvalue weighted by Gasteiger charge is -2.22. The van der Waals surface area contributed by atoms with Gasteiger partial charge in [-0.25, -0.2) is 9.50 Å². The van der Waals surface area contributed by atoms with Crippen molar-refractivity contribution in [3.05, 3.63) is 66.6 Å². The van der Waals surface area contributed by atoms with Crippen molar-refractivity contribution < 1.29 is 4.74 Å². The summed E-state index contributed by atoms with van der Waals surface area (Å²) in [6.45, 7) is 2.12. The van der Waals surface area contributed by atoms with Gasteiger partial charge >= 0.3 is 0 Å². The van der Waals surface area contributed by atoms with Crippen molar-refractivity contribution in [3.63, 3.8) is 0 Å². The highest BCUT2D eigenvalue weighted by Crippen LogP contribution is 2.31. The molecule has 0 unspecified atom stereocenters. The predicted molar refractivity (Wildman–Crippen MR) is 117 cm³/mol. The number of hydrogen-bond donors (Lipinski definition) is 2. The Kier molecular flexibility index (Phi) is 5.03. The lowest BCUT2D eigenvalue weighted by Crippen LogP contribution is -2.27. The van der Waals surface area contributed by atoms with E-state index >= 15 is 0 Å². The van der Waals surface area contributed by atoms with Crippen LogP contribution in [0.25, 0.3) is 16.8 Å². The Hall–Kier alpha value is -3.45. The highest BCUT2D eigenvalue weighted by atomic mass is 16.5. The van der Waals surface area contributed by atoms with Gasteiger partial charge in [-0.15, -0.1) is 5.10 Å². The number of hydrogen-bond acceptors (Lipinski definition) is 6.